The number of nitrogens with zero attached hydrogens (tertiary/aromatic N) is 1. The molecule has 3 saturated carbocycles. The molecule has 0 heterocycles. The van der Waals surface area contributed by atoms with E-state index in [-0.39, 0.29) is 10.3 Å². The van der Waals surface area contributed by atoms with E-state index in [4.69, 9.17) is 0 Å². The molecule has 0 aromatic heterocycles. The van der Waals surface area contributed by atoms with E-state index in [2.05, 4.69) is 16.9 Å². The Bertz CT molecular complexity index is 699. The number of aliphatic hydroxyl groups is 1. The number of nitrogens with one attached hydrogen (secondary N) is 1. The third kappa shape index (κ3) is 2.77. The molecule has 3 fully saturated rings. The predicted molar refractivity (Wildman–Crippen MR) is 85.1 cm³/mol. The summed E-state index contributed by atoms with van der Waals surface area (Å²) in [6.07, 6.45) is 3.71. The maximum atomic E-state index is 12.3. The minimum atomic E-state index is -3.66. The highest BCUT2D eigenvalue weighted by Crippen LogP contribution is 2.50. The van der Waals surface area contributed by atoms with Gasteiger partial charge in [0.1, 0.15) is 0 Å². The molecule has 0 unspecified atom stereocenters. The van der Waals surface area contributed by atoms with E-state index < -0.39 is 15.6 Å². The number of hydrazone groups is 1. The Labute approximate surface area is 131 Å². The second kappa shape index (κ2) is 5.06. The first-order valence-corrected chi connectivity index (χ1v) is 9.09. The maximum Gasteiger partial charge on any atom is 0.276 e. The average Bonchev–Trinajstić information content (AvgIpc) is 2.47. The molecule has 1 aromatic rings. The largest absolute Gasteiger partial charge is 0.389 e. The summed E-state index contributed by atoms with van der Waals surface area (Å²) < 4.78 is 24.6. The molecule has 120 valence electrons. The summed E-state index contributed by atoms with van der Waals surface area (Å²) in [4.78, 5) is 2.54. The molecule has 0 aliphatic heterocycles. The molecule has 22 heavy (non-hydrogen) atoms. The summed E-state index contributed by atoms with van der Waals surface area (Å²) in [6.45, 7) is 4.01. The Balaban J connectivity index is 1.83. The van der Waals surface area contributed by atoms with Gasteiger partial charge in [-0.05, 0) is 44.7 Å². The molecule has 3 aliphatic rings. The molecule has 4 rings (SSSR count). The van der Waals surface area contributed by atoms with Gasteiger partial charge >= 0.3 is 0 Å². The van der Waals surface area contributed by atoms with Gasteiger partial charge in [-0.1, -0.05) is 24.6 Å². The van der Waals surface area contributed by atoms with E-state index in [0.29, 0.717) is 6.42 Å². The molecule has 0 amide bonds. The standard InChI is InChI=1S/C16H22N2O3S/c1-12-3-5-13(6-4-12)22(20,21)18-17-14-11-16(19)9-7-15(14,2)8-10-16/h3-6,18-19H,7-11H2,1-2H3/b17-14-. The Morgan fingerprint density at radius 3 is 2.32 bits per heavy atom. The van der Waals surface area contributed by atoms with Crippen molar-refractivity contribution in [2.24, 2.45) is 10.5 Å². The van der Waals surface area contributed by atoms with Gasteiger partial charge in [-0.15, -0.1) is 0 Å². The lowest BCUT2D eigenvalue weighted by Gasteiger charge is -2.49. The zero-order valence-corrected chi connectivity index (χ0v) is 13.8. The molecule has 5 nitrogen and oxygen atoms in total. The normalized spacial score (nSPS) is 33.1. The van der Waals surface area contributed by atoms with Crippen LogP contribution in [0.3, 0.4) is 0 Å². The number of sulfonamides is 1. The van der Waals surface area contributed by atoms with Gasteiger partial charge in [-0.3, -0.25) is 0 Å². The highest BCUT2D eigenvalue weighted by Gasteiger charge is 2.49. The number of benzene rings is 1. The molecule has 1 aromatic carbocycles. The monoisotopic (exact) mass is 322 g/mol. The second-order valence-electron chi connectivity index (χ2n) is 6.93. The fourth-order valence-corrected chi connectivity index (χ4v) is 4.15. The van der Waals surface area contributed by atoms with Crippen LogP contribution in [0, 0.1) is 12.3 Å². The van der Waals surface area contributed by atoms with Gasteiger partial charge in [0.05, 0.1) is 10.5 Å². The lowest BCUT2D eigenvalue weighted by atomic mass is 9.58. The lowest BCUT2D eigenvalue weighted by molar-refractivity contribution is -0.0310. The van der Waals surface area contributed by atoms with Crippen molar-refractivity contribution in [3.05, 3.63) is 29.8 Å². The first kappa shape index (κ1) is 15.5. The van der Waals surface area contributed by atoms with Crippen LogP contribution in [0.2, 0.25) is 0 Å². The molecule has 6 heteroatoms. The molecule has 0 spiro atoms. The molecule has 0 saturated heterocycles. The highest BCUT2D eigenvalue weighted by molar-refractivity contribution is 7.89. The van der Waals surface area contributed by atoms with Crippen molar-refractivity contribution in [1.82, 2.24) is 4.83 Å². The molecular weight excluding hydrogens is 300 g/mol. The van der Waals surface area contributed by atoms with Gasteiger partial charge < -0.3 is 5.11 Å². The minimum absolute atomic E-state index is 0.0969. The summed E-state index contributed by atoms with van der Waals surface area (Å²) in [5.41, 5.74) is 0.972. The fourth-order valence-electron chi connectivity index (χ4n) is 3.32. The van der Waals surface area contributed by atoms with Crippen LogP contribution in [-0.4, -0.2) is 24.8 Å². The van der Waals surface area contributed by atoms with E-state index in [9.17, 15) is 13.5 Å². The summed E-state index contributed by atoms with van der Waals surface area (Å²) >= 11 is 0. The van der Waals surface area contributed by atoms with Crippen molar-refractivity contribution >= 4 is 15.7 Å². The fraction of sp³-hybridized carbons (Fsp3) is 0.562. The molecule has 0 atom stereocenters. The molecule has 0 radical (unpaired) electrons. The third-order valence-corrected chi connectivity index (χ3v) is 6.33. The average molecular weight is 322 g/mol. The van der Waals surface area contributed by atoms with Crippen molar-refractivity contribution in [3.8, 4) is 0 Å². The predicted octanol–water partition coefficient (Wildman–Crippen LogP) is 2.34. The van der Waals surface area contributed by atoms with E-state index in [1.54, 1.807) is 24.3 Å². The van der Waals surface area contributed by atoms with Crippen molar-refractivity contribution in [2.75, 3.05) is 0 Å². The number of fused-ring (bicyclic) bond motifs is 3. The van der Waals surface area contributed by atoms with Gasteiger partial charge in [0.25, 0.3) is 10.0 Å². The van der Waals surface area contributed by atoms with Crippen LogP contribution in [0.15, 0.2) is 34.3 Å². The van der Waals surface area contributed by atoms with Gasteiger partial charge in [0, 0.05) is 17.5 Å². The summed E-state index contributed by atoms with van der Waals surface area (Å²) in [5, 5.41) is 14.6. The van der Waals surface area contributed by atoms with Gasteiger partial charge in [0.15, 0.2) is 0 Å². The zero-order chi connectivity index (χ0) is 16.0. The Morgan fingerprint density at radius 1 is 1.14 bits per heavy atom. The smallest absolute Gasteiger partial charge is 0.276 e. The number of hydrogen-bond donors (Lipinski definition) is 2. The van der Waals surface area contributed by atoms with Crippen LogP contribution in [0.25, 0.3) is 0 Å². The Hall–Kier alpha value is -1.40. The number of aryl methyl sites for hydroxylation is 1. The van der Waals surface area contributed by atoms with Crippen LogP contribution in [0.4, 0.5) is 0 Å². The zero-order valence-electron chi connectivity index (χ0n) is 13.0. The van der Waals surface area contributed by atoms with Gasteiger partial charge in [0.2, 0.25) is 0 Å². The number of rotatable bonds is 3. The quantitative estimate of drug-likeness (QED) is 0.838. The molecule has 2 bridgehead atoms. The number of hydrogen-bond acceptors (Lipinski definition) is 4. The highest BCUT2D eigenvalue weighted by atomic mass is 32.2. The first-order chi connectivity index (χ1) is 10.2. The van der Waals surface area contributed by atoms with Crippen LogP contribution >= 0.6 is 0 Å². The van der Waals surface area contributed by atoms with E-state index in [1.807, 2.05) is 6.92 Å². The minimum Gasteiger partial charge on any atom is -0.389 e. The molecular formula is C16H22N2O3S. The van der Waals surface area contributed by atoms with Crippen molar-refractivity contribution < 1.29 is 13.5 Å². The lowest BCUT2D eigenvalue weighted by Crippen LogP contribution is -2.51. The van der Waals surface area contributed by atoms with Gasteiger partial charge in [-0.2, -0.15) is 13.5 Å². The van der Waals surface area contributed by atoms with Gasteiger partial charge in [-0.25, -0.2) is 4.83 Å². The maximum absolute atomic E-state index is 12.3. The van der Waals surface area contributed by atoms with Crippen LogP contribution < -0.4 is 4.83 Å². The van der Waals surface area contributed by atoms with Crippen LogP contribution in [0.5, 0.6) is 0 Å². The van der Waals surface area contributed by atoms with E-state index in [0.717, 1.165) is 37.0 Å². The van der Waals surface area contributed by atoms with E-state index >= 15 is 0 Å². The first-order valence-electron chi connectivity index (χ1n) is 7.61. The van der Waals surface area contributed by atoms with Crippen LogP contribution in [-0.2, 0) is 10.0 Å². The molecule has 3 aliphatic carbocycles. The van der Waals surface area contributed by atoms with E-state index in [1.165, 1.54) is 0 Å². The van der Waals surface area contributed by atoms with Crippen molar-refractivity contribution in [2.45, 2.75) is 56.4 Å². The summed E-state index contributed by atoms with van der Waals surface area (Å²) in [6, 6.07) is 6.66. The summed E-state index contributed by atoms with van der Waals surface area (Å²) in [5.74, 6) is 0. The van der Waals surface area contributed by atoms with Crippen molar-refractivity contribution in [3.63, 3.8) is 0 Å². The third-order valence-electron chi connectivity index (χ3n) is 5.11. The SMILES string of the molecule is Cc1ccc(S(=O)(=O)N/N=C2/CC3(O)CCC2(C)CC3)cc1. The molecule has 2 N–H and O–H groups in total. The Kier molecular flexibility index (Phi) is 3.57. The topological polar surface area (TPSA) is 78.8 Å². The Morgan fingerprint density at radius 2 is 1.73 bits per heavy atom. The van der Waals surface area contributed by atoms with Crippen molar-refractivity contribution in [1.29, 1.82) is 0 Å². The second-order valence-corrected chi connectivity index (χ2v) is 8.59. The van der Waals surface area contributed by atoms with Crippen LogP contribution in [0.1, 0.15) is 44.6 Å². The summed E-state index contributed by atoms with van der Waals surface area (Å²) in [7, 11) is -3.66.